The van der Waals surface area contributed by atoms with Gasteiger partial charge in [-0.1, -0.05) is 92.2 Å². The van der Waals surface area contributed by atoms with E-state index in [2.05, 4.69) is 20.6 Å². The fraction of sp³-hybridized carbons (Fsp3) is 0.207. The lowest BCUT2D eigenvalue weighted by Gasteiger charge is -2.10. The fourth-order valence-electron chi connectivity index (χ4n) is 4.55. The molecule has 8 nitrogen and oxygen atoms in total. The normalized spacial score (nSPS) is 11.1. The molecule has 3 aromatic carbocycles. The number of halogens is 1. The van der Waals surface area contributed by atoms with Crippen molar-refractivity contribution in [1.29, 1.82) is 0 Å². The largest absolute Gasteiger partial charge is 0.337 e. The number of nitrogens with one attached hydrogen (secondary N) is 1. The smallest absolute Gasteiger partial charge is 0.288 e. The predicted molar refractivity (Wildman–Crippen MR) is 142 cm³/mol. The number of H-pyrrole nitrogens is 1. The molecule has 1 N–H and O–H groups in total. The summed E-state index contributed by atoms with van der Waals surface area (Å²) in [6, 6.07) is 24.5. The Morgan fingerprint density at radius 3 is 2.32 bits per heavy atom. The van der Waals surface area contributed by atoms with Gasteiger partial charge in [-0.15, -0.1) is 10.2 Å². The Kier molecular flexibility index (Phi) is 7.35. The van der Waals surface area contributed by atoms with Gasteiger partial charge < -0.3 is 0 Å². The van der Waals surface area contributed by atoms with Gasteiger partial charge in [0.25, 0.3) is 0 Å². The van der Waals surface area contributed by atoms with Gasteiger partial charge in [0.05, 0.1) is 18.7 Å². The van der Waals surface area contributed by atoms with Gasteiger partial charge in [0.15, 0.2) is 0 Å². The van der Waals surface area contributed by atoms with Crippen LogP contribution in [0.3, 0.4) is 0 Å². The summed E-state index contributed by atoms with van der Waals surface area (Å²) < 4.78 is 17.6. The highest BCUT2D eigenvalue weighted by molar-refractivity contribution is 5.81. The molecule has 0 saturated heterocycles. The van der Waals surface area contributed by atoms with Crippen LogP contribution in [0.15, 0.2) is 83.7 Å². The molecule has 0 saturated carbocycles. The molecule has 192 valence electrons. The van der Waals surface area contributed by atoms with Crippen LogP contribution in [-0.2, 0) is 19.4 Å². The summed E-state index contributed by atoms with van der Waals surface area (Å²) in [6.07, 6.45) is 1.87. The summed E-state index contributed by atoms with van der Waals surface area (Å²) in [7, 11) is 0. The molecule has 0 aliphatic carbocycles. The molecule has 0 fully saturated rings. The van der Waals surface area contributed by atoms with E-state index in [-0.39, 0.29) is 18.7 Å². The second kappa shape index (κ2) is 11.2. The first-order valence-electron chi connectivity index (χ1n) is 12.6. The van der Waals surface area contributed by atoms with Crippen molar-refractivity contribution in [2.75, 3.05) is 0 Å². The third-order valence-electron chi connectivity index (χ3n) is 6.52. The highest BCUT2D eigenvalue weighted by atomic mass is 19.1. The fourth-order valence-corrected chi connectivity index (χ4v) is 4.55. The zero-order valence-corrected chi connectivity index (χ0v) is 21.0. The molecule has 0 unspecified atom stereocenters. The summed E-state index contributed by atoms with van der Waals surface area (Å²) in [5.41, 5.74) is 3.86. The zero-order chi connectivity index (χ0) is 26.5. The number of imidazole rings is 1. The Labute approximate surface area is 218 Å². The number of unbranched alkanes of at least 4 members (excludes halogenated alkanes) is 1. The molecule has 0 aliphatic rings. The van der Waals surface area contributed by atoms with E-state index in [9.17, 15) is 9.59 Å². The number of carbonyl (C=O) groups is 1. The van der Waals surface area contributed by atoms with Crippen molar-refractivity contribution in [2.24, 2.45) is 0 Å². The van der Waals surface area contributed by atoms with Gasteiger partial charge in [-0.2, -0.15) is 9.60 Å². The number of tetrazole rings is 1. The summed E-state index contributed by atoms with van der Waals surface area (Å²) in [6.45, 7) is 2.16. The predicted octanol–water partition coefficient (Wildman–Crippen LogP) is 4.91. The number of nitrogens with zero attached hydrogens (tertiary/aromatic N) is 5. The van der Waals surface area contributed by atoms with E-state index in [1.165, 1.54) is 4.57 Å². The lowest BCUT2D eigenvalue weighted by atomic mass is 9.98. The molecule has 5 aromatic rings. The summed E-state index contributed by atoms with van der Waals surface area (Å²) in [4.78, 5) is 26.3. The minimum absolute atomic E-state index is 0.0522. The van der Waals surface area contributed by atoms with Crippen molar-refractivity contribution in [2.45, 2.75) is 39.2 Å². The van der Waals surface area contributed by atoms with Crippen LogP contribution >= 0.6 is 0 Å². The molecule has 0 amide bonds. The van der Waals surface area contributed by atoms with Gasteiger partial charge in [0.1, 0.15) is 0 Å². The lowest BCUT2D eigenvalue weighted by Crippen LogP contribution is -2.31. The molecular formula is C29H27FN6O2. The first kappa shape index (κ1) is 25.0. The van der Waals surface area contributed by atoms with Crippen LogP contribution in [0.1, 0.15) is 41.4 Å². The highest BCUT2D eigenvalue weighted by Gasteiger charge is 2.24. The van der Waals surface area contributed by atoms with E-state index in [1.54, 1.807) is 12.1 Å². The van der Waals surface area contributed by atoms with Gasteiger partial charge in [0.2, 0.25) is 17.7 Å². The van der Waals surface area contributed by atoms with Crippen LogP contribution < -0.4 is 5.69 Å². The zero-order valence-electron chi connectivity index (χ0n) is 21.0. The van der Waals surface area contributed by atoms with E-state index >= 15 is 4.39 Å². The van der Waals surface area contributed by atoms with Crippen molar-refractivity contribution in [3.63, 3.8) is 0 Å². The first-order valence-corrected chi connectivity index (χ1v) is 12.6. The van der Waals surface area contributed by atoms with E-state index in [0.717, 1.165) is 34.2 Å². The van der Waals surface area contributed by atoms with Crippen LogP contribution in [0.25, 0.3) is 22.5 Å². The van der Waals surface area contributed by atoms with Crippen LogP contribution in [0.2, 0.25) is 0 Å². The quantitative estimate of drug-likeness (QED) is 0.304. The number of benzene rings is 3. The topological polar surface area (TPSA) is 98.5 Å². The van der Waals surface area contributed by atoms with E-state index in [4.69, 9.17) is 0 Å². The molecule has 0 spiro atoms. The Morgan fingerprint density at radius 1 is 0.921 bits per heavy atom. The summed E-state index contributed by atoms with van der Waals surface area (Å²) >= 11 is 0. The third kappa shape index (κ3) is 5.08. The van der Waals surface area contributed by atoms with Crippen molar-refractivity contribution >= 4 is 5.91 Å². The molecule has 5 rings (SSSR count). The van der Waals surface area contributed by atoms with Gasteiger partial charge >= 0.3 is 5.69 Å². The number of hydrogen-bond acceptors (Lipinski definition) is 5. The Bertz CT molecular complexity index is 1590. The van der Waals surface area contributed by atoms with Crippen molar-refractivity contribution in [1.82, 2.24) is 29.8 Å². The lowest BCUT2D eigenvalue weighted by molar-refractivity contribution is 0.0895. The number of rotatable bonds is 9. The molecule has 0 radical (unpaired) electrons. The van der Waals surface area contributed by atoms with Gasteiger partial charge in [-0.05, 0) is 40.3 Å². The molecule has 0 atom stereocenters. The standard InChI is InChI=1S/C29H27FN6O2/c1-2-3-13-25-27(30)36(26(37)18-20-9-5-4-6-10-20)29(38)35(25)19-21-14-16-22(17-15-21)23-11-7-8-12-24(23)28-31-33-34-32-28/h4-12,14-17H,2-3,13,18-19H2,1H3,(H,31,32,33,34). The minimum atomic E-state index is -0.768. The van der Waals surface area contributed by atoms with E-state index in [1.807, 2.05) is 73.7 Å². The second-order valence-corrected chi connectivity index (χ2v) is 9.08. The van der Waals surface area contributed by atoms with Crippen molar-refractivity contribution < 1.29 is 9.18 Å². The monoisotopic (exact) mass is 510 g/mol. The van der Waals surface area contributed by atoms with Crippen LogP contribution in [0.5, 0.6) is 0 Å². The average molecular weight is 511 g/mol. The number of aromatic amines is 1. The Hall–Kier alpha value is -4.66. The van der Waals surface area contributed by atoms with E-state index in [0.29, 0.717) is 23.2 Å². The third-order valence-corrected chi connectivity index (χ3v) is 6.52. The summed E-state index contributed by atoms with van der Waals surface area (Å²) in [5.74, 6) is -0.854. The maximum Gasteiger partial charge on any atom is 0.337 e. The Morgan fingerprint density at radius 2 is 1.63 bits per heavy atom. The molecule has 2 aromatic heterocycles. The molecular weight excluding hydrogens is 483 g/mol. The average Bonchev–Trinajstić information content (AvgIpc) is 3.56. The SMILES string of the molecule is CCCCc1c(F)n(C(=O)Cc2ccccc2)c(=O)n1Cc1ccc(-c2ccccc2-c2nn[nH]n2)cc1. The molecule has 2 heterocycles. The van der Waals surface area contributed by atoms with Crippen LogP contribution in [0.4, 0.5) is 4.39 Å². The number of carbonyl (C=O) groups excluding carboxylic acids is 1. The second-order valence-electron chi connectivity index (χ2n) is 9.08. The van der Waals surface area contributed by atoms with Gasteiger partial charge in [0, 0.05) is 5.56 Å². The van der Waals surface area contributed by atoms with Crippen LogP contribution in [0, 0.1) is 5.95 Å². The number of aromatic nitrogens is 6. The number of hydrogen-bond donors (Lipinski definition) is 1. The van der Waals surface area contributed by atoms with Crippen molar-refractivity contribution in [3.8, 4) is 22.5 Å². The van der Waals surface area contributed by atoms with Gasteiger partial charge in [-0.3, -0.25) is 9.36 Å². The molecule has 9 heteroatoms. The van der Waals surface area contributed by atoms with Gasteiger partial charge in [-0.25, -0.2) is 9.36 Å². The van der Waals surface area contributed by atoms with Crippen LogP contribution in [-0.4, -0.2) is 35.7 Å². The highest BCUT2D eigenvalue weighted by Crippen LogP contribution is 2.30. The summed E-state index contributed by atoms with van der Waals surface area (Å²) in [5, 5.41) is 14.3. The molecule has 0 aliphatic heterocycles. The first-order chi connectivity index (χ1) is 18.6. The molecule has 38 heavy (non-hydrogen) atoms. The van der Waals surface area contributed by atoms with E-state index < -0.39 is 17.5 Å². The Balaban J connectivity index is 1.45. The maximum absolute atomic E-state index is 15.5. The maximum atomic E-state index is 15.5. The van der Waals surface area contributed by atoms with Crippen molar-refractivity contribution in [3.05, 3.63) is 112 Å². The minimum Gasteiger partial charge on any atom is -0.288 e. The molecule has 0 bridgehead atoms.